The molecule has 2 aromatic rings. The van der Waals surface area contributed by atoms with Gasteiger partial charge in [-0.2, -0.15) is 5.11 Å². The Labute approximate surface area is 99.3 Å². The Hall–Kier alpha value is -2.54. The molecule has 4 nitrogen and oxygen atoms in total. The summed E-state index contributed by atoms with van der Waals surface area (Å²) in [6, 6.07) is 14.7. The van der Waals surface area contributed by atoms with E-state index in [-0.39, 0.29) is 0 Å². The third kappa shape index (κ3) is 2.52. The molecular weight excluding hydrogens is 212 g/mol. The van der Waals surface area contributed by atoms with Crippen molar-refractivity contribution < 1.29 is 0 Å². The van der Waals surface area contributed by atoms with Crippen molar-refractivity contribution in [2.45, 2.75) is 6.92 Å². The molecule has 0 aliphatic rings. The molecule has 0 bridgehead atoms. The third-order valence-corrected chi connectivity index (χ3v) is 2.37. The molecule has 0 saturated carbocycles. The molecule has 17 heavy (non-hydrogen) atoms. The van der Waals surface area contributed by atoms with Crippen LogP contribution in [0.1, 0.15) is 5.56 Å². The van der Waals surface area contributed by atoms with Gasteiger partial charge in [-0.25, -0.2) is 0 Å². The minimum absolute atomic E-state index is 0.407. The molecule has 0 N–H and O–H groups in total. The number of azo groups is 1. The zero-order valence-electron chi connectivity index (χ0n) is 9.41. The van der Waals surface area contributed by atoms with E-state index in [1.54, 1.807) is 18.2 Å². The van der Waals surface area contributed by atoms with Gasteiger partial charge in [-0.05, 0) is 24.6 Å². The van der Waals surface area contributed by atoms with Gasteiger partial charge in [-0.15, -0.1) is 5.11 Å². The van der Waals surface area contributed by atoms with Crippen molar-refractivity contribution in [3.8, 4) is 0 Å². The molecule has 0 amide bonds. The minimum Gasteiger partial charge on any atom is -0.150 e. The van der Waals surface area contributed by atoms with Crippen molar-refractivity contribution in [1.29, 1.82) is 5.39 Å². The maximum absolute atomic E-state index is 8.79. The summed E-state index contributed by atoms with van der Waals surface area (Å²) in [7, 11) is 0. The molecule has 0 aliphatic heterocycles. The molecule has 4 heteroatoms. The first kappa shape index (κ1) is 11.0. The molecule has 82 valence electrons. The molecule has 0 spiro atoms. The van der Waals surface area contributed by atoms with Crippen molar-refractivity contribution in [1.82, 2.24) is 0 Å². The summed E-state index contributed by atoms with van der Waals surface area (Å²) in [6.45, 7) is 1.97. The number of hydrogen-bond donors (Lipinski definition) is 0. The van der Waals surface area contributed by atoms with E-state index >= 15 is 0 Å². The summed E-state index contributed by atoms with van der Waals surface area (Å²) in [5.41, 5.74) is 2.80. The summed E-state index contributed by atoms with van der Waals surface area (Å²) < 4.78 is 0. The van der Waals surface area contributed by atoms with Crippen LogP contribution in [0.4, 0.5) is 17.1 Å². The van der Waals surface area contributed by atoms with Gasteiger partial charge in [-0.1, -0.05) is 30.3 Å². The van der Waals surface area contributed by atoms with Gasteiger partial charge >= 0.3 is 5.69 Å². The van der Waals surface area contributed by atoms with Crippen molar-refractivity contribution in [2.75, 3.05) is 0 Å². The molecule has 0 radical (unpaired) electrons. The smallest absolute Gasteiger partial charge is 0.150 e. The van der Waals surface area contributed by atoms with E-state index in [1.165, 1.54) is 0 Å². The molecule has 0 fully saturated rings. The number of nitrogens with zero attached hydrogens (tertiary/aromatic N) is 4. The second-order valence-electron chi connectivity index (χ2n) is 3.58. The van der Waals surface area contributed by atoms with Crippen molar-refractivity contribution >= 4 is 17.1 Å². The number of benzene rings is 2. The summed E-state index contributed by atoms with van der Waals surface area (Å²) in [4.78, 5) is 3.15. The van der Waals surface area contributed by atoms with Gasteiger partial charge in [0.15, 0.2) is 10.7 Å². The second kappa shape index (κ2) is 4.99. The Morgan fingerprint density at radius 2 is 1.47 bits per heavy atom. The largest absolute Gasteiger partial charge is 0.412 e. The highest BCUT2D eigenvalue weighted by atomic mass is 15.1. The minimum atomic E-state index is 0.407. The summed E-state index contributed by atoms with van der Waals surface area (Å²) in [5.74, 6) is 0. The Morgan fingerprint density at radius 1 is 0.882 bits per heavy atom. The zero-order valence-corrected chi connectivity index (χ0v) is 9.41. The van der Waals surface area contributed by atoms with E-state index in [9.17, 15) is 0 Å². The van der Waals surface area contributed by atoms with Crippen LogP contribution in [-0.4, -0.2) is 0 Å². The van der Waals surface area contributed by atoms with Crippen molar-refractivity contribution in [2.24, 2.45) is 10.2 Å². The van der Waals surface area contributed by atoms with Gasteiger partial charge in [-0.3, -0.25) is 0 Å². The van der Waals surface area contributed by atoms with Crippen LogP contribution in [0.15, 0.2) is 58.8 Å². The highest BCUT2D eigenvalue weighted by Crippen LogP contribution is 2.29. The van der Waals surface area contributed by atoms with E-state index in [0.29, 0.717) is 11.4 Å². The predicted molar refractivity (Wildman–Crippen MR) is 66.5 cm³/mol. The van der Waals surface area contributed by atoms with Gasteiger partial charge in [0.2, 0.25) is 5.39 Å². The van der Waals surface area contributed by atoms with E-state index < -0.39 is 0 Å². The van der Waals surface area contributed by atoms with Crippen LogP contribution in [0.5, 0.6) is 0 Å². The van der Waals surface area contributed by atoms with Gasteiger partial charge in [0.1, 0.15) is 0 Å². The number of aryl methyl sites for hydroxylation is 1. The third-order valence-electron chi connectivity index (χ3n) is 2.37. The molecule has 0 heterocycles. The van der Waals surface area contributed by atoms with Crippen molar-refractivity contribution in [3.63, 3.8) is 0 Å². The molecule has 0 aliphatic carbocycles. The molecule has 2 aromatic carbocycles. The van der Waals surface area contributed by atoms with Crippen LogP contribution < -0.4 is 0 Å². The van der Waals surface area contributed by atoms with E-state index in [1.807, 2.05) is 37.3 Å². The quantitative estimate of drug-likeness (QED) is 0.528. The molecule has 2 rings (SSSR count). The fraction of sp³-hybridized carbons (Fsp3) is 0.0769. The number of diazo groups is 1. The van der Waals surface area contributed by atoms with Crippen LogP contribution in [-0.2, 0) is 0 Å². The first-order valence-electron chi connectivity index (χ1n) is 5.23. The monoisotopic (exact) mass is 223 g/mol. The Morgan fingerprint density at radius 3 is 2.18 bits per heavy atom. The van der Waals surface area contributed by atoms with Crippen LogP contribution in [0, 0.1) is 12.3 Å². The topological polar surface area (TPSA) is 52.9 Å². The van der Waals surface area contributed by atoms with E-state index in [4.69, 9.17) is 5.39 Å². The van der Waals surface area contributed by atoms with Crippen LogP contribution in [0.2, 0.25) is 0 Å². The second-order valence-corrected chi connectivity index (χ2v) is 3.58. The fourth-order valence-corrected chi connectivity index (χ4v) is 1.42. The average molecular weight is 223 g/mol. The van der Waals surface area contributed by atoms with Crippen LogP contribution >= 0.6 is 0 Å². The Kier molecular flexibility index (Phi) is 3.22. The Bertz CT molecular complexity index is 596. The lowest BCUT2D eigenvalue weighted by molar-refractivity contribution is 1.21. The molecule has 0 saturated heterocycles. The van der Waals surface area contributed by atoms with Crippen LogP contribution in [0.25, 0.3) is 4.98 Å². The maximum atomic E-state index is 8.79. The van der Waals surface area contributed by atoms with Crippen molar-refractivity contribution in [3.05, 3.63) is 59.1 Å². The van der Waals surface area contributed by atoms with Gasteiger partial charge in [0, 0.05) is 6.07 Å². The standard InChI is InChI=1S/C13H11N4/c1-10-6-2-3-7-11(10)16-17-13-9-5-4-8-12(13)15-14/h2-9H,1H3/q+1. The van der Waals surface area contributed by atoms with E-state index in [0.717, 1.165) is 11.3 Å². The van der Waals surface area contributed by atoms with Gasteiger partial charge < -0.3 is 0 Å². The first-order valence-corrected chi connectivity index (χ1v) is 5.23. The lowest BCUT2D eigenvalue weighted by Gasteiger charge is -1.95. The lowest BCUT2D eigenvalue weighted by Crippen LogP contribution is -1.71. The number of rotatable bonds is 2. The molecular formula is C13H11N4+. The lowest BCUT2D eigenvalue weighted by atomic mass is 10.2. The highest BCUT2D eigenvalue weighted by Gasteiger charge is 2.10. The molecule has 0 atom stereocenters. The average Bonchev–Trinajstić information content (AvgIpc) is 2.38. The maximum Gasteiger partial charge on any atom is 0.412 e. The Balaban J connectivity index is 2.33. The summed E-state index contributed by atoms with van der Waals surface area (Å²) in [5, 5.41) is 17.0. The van der Waals surface area contributed by atoms with Gasteiger partial charge in [0.25, 0.3) is 0 Å². The van der Waals surface area contributed by atoms with Gasteiger partial charge in [0.05, 0.1) is 5.69 Å². The summed E-state index contributed by atoms with van der Waals surface area (Å²) in [6.07, 6.45) is 0. The zero-order chi connectivity index (χ0) is 12.1. The SMILES string of the molecule is Cc1ccccc1N=Nc1ccccc1[N+]#N. The summed E-state index contributed by atoms with van der Waals surface area (Å²) >= 11 is 0. The molecule has 0 aromatic heterocycles. The first-order chi connectivity index (χ1) is 8.31. The molecule has 0 unspecified atom stereocenters. The highest BCUT2D eigenvalue weighted by molar-refractivity contribution is 5.65. The fourth-order valence-electron chi connectivity index (χ4n) is 1.42. The number of hydrogen-bond acceptors (Lipinski definition) is 3. The predicted octanol–water partition coefficient (Wildman–Crippen LogP) is 4.90. The van der Waals surface area contributed by atoms with Crippen LogP contribution in [0.3, 0.4) is 0 Å². The normalized spacial score (nSPS) is 10.4. The van der Waals surface area contributed by atoms with E-state index in [2.05, 4.69) is 15.2 Å².